The summed E-state index contributed by atoms with van der Waals surface area (Å²) in [6, 6.07) is 0. The number of nitrogens with two attached hydrogens (primary N) is 1. The molecule has 0 radical (unpaired) electrons. The summed E-state index contributed by atoms with van der Waals surface area (Å²) in [6.45, 7) is 4.00. The third-order valence-electron chi connectivity index (χ3n) is 0.0894. The Hall–Kier alpha value is -0.730. The van der Waals surface area contributed by atoms with E-state index >= 15 is 0 Å². The molecular weight excluding hydrogens is 128 g/mol. The average molecular weight is 150 g/mol. The molecule has 0 bridgehead atoms. The first-order valence-corrected chi connectivity index (χ1v) is 2.42. The van der Waals surface area contributed by atoms with E-state index in [0.29, 0.717) is 0 Å². The molecule has 0 aromatic carbocycles. The predicted octanol–water partition coefficient (Wildman–Crippen LogP) is 2.80. The van der Waals surface area contributed by atoms with Crippen LogP contribution in [0.4, 0.5) is 0 Å². The van der Waals surface area contributed by atoms with E-state index in [9.17, 15) is 0 Å². The molecule has 0 rings (SSSR count). The Kier molecular flexibility index (Phi) is 942. The zero-order valence-electron chi connectivity index (χ0n) is 5.92. The predicted molar refractivity (Wildman–Crippen MR) is 50.0 cm³/mol. The van der Waals surface area contributed by atoms with Crippen molar-refractivity contribution in [3.8, 4) is 0 Å². The second kappa shape index (κ2) is 271. The van der Waals surface area contributed by atoms with Crippen molar-refractivity contribution in [3.05, 3.63) is 10.4 Å². The third-order valence-corrected chi connectivity index (χ3v) is 0.0894. The highest BCUT2D eigenvalue weighted by Gasteiger charge is 1.27. The molecule has 0 atom stereocenters. The first kappa shape index (κ1) is 34.8. The summed E-state index contributed by atoms with van der Waals surface area (Å²) in [6.07, 6.45) is 0. The van der Waals surface area contributed by atoms with Gasteiger partial charge in [0.15, 0.2) is 0 Å². The molecule has 0 spiro atoms. The summed E-state index contributed by atoms with van der Waals surface area (Å²) in [4.78, 5) is 2.36. The smallest absolute Gasteiger partial charge is 0.0139 e. The topological polar surface area (TPSA) is 74.8 Å². The fraction of sp³-hybridized carbons (Fsp3) is 1.00. The third kappa shape index (κ3) is 3920. The van der Waals surface area contributed by atoms with Crippen molar-refractivity contribution < 1.29 is 0 Å². The second-order valence-corrected chi connectivity index (χ2v) is 0.289. The fourth-order valence-electron chi connectivity index (χ4n) is 0. The normalized spacial score (nSPS) is 2.90. The van der Waals surface area contributed by atoms with Gasteiger partial charge in [0.2, 0.25) is 0 Å². The number of azide groups is 1. The standard InChI is InChI=1S/C2H6.CH3N3.CH5N.2CH4/c1-2;1-3-4-2;1-2;;/h1-2H3;1H3;2H2,1H3;2*1H4. The average Bonchev–Trinajstić information content (AvgIpc) is 1.96. The Labute approximate surface area is 65.1 Å². The van der Waals surface area contributed by atoms with E-state index in [1.807, 2.05) is 13.8 Å². The van der Waals surface area contributed by atoms with Crippen molar-refractivity contribution in [2.45, 2.75) is 28.7 Å². The highest BCUT2D eigenvalue weighted by molar-refractivity contribution is 4.30. The Morgan fingerprint density at radius 3 is 1.30 bits per heavy atom. The number of hydrogen-bond acceptors (Lipinski definition) is 2. The van der Waals surface area contributed by atoms with E-state index < -0.39 is 0 Å². The van der Waals surface area contributed by atoms with Gasteiger partial charge in [-0.1, -0.05) is 33.8 Å². The Bertz CT molecular complexity index is 47.7. The highest BCUT2D eigenvalue weighted by atomic mass is 15.1. The summed E-state index contributed by atoms with van der Waals surface area (Å²) in [5, 5.41) is 2.92. The molecule has 0 unspecified atom stereocenters. The van der Waals surface area contributed by atoms with Gasteiger partial charge in [-0.25, -0.2) is 0 Å². The molecule has 0 fully saturated rings. The summed E-state index contributed by atoms with van der Waals surface area (Å²) in [5.41, 5.74) is 11.8. The largest absolute Gasteiger partial charge is 0.333 e. The van der Waals surface area contributed by atoms with Gasteiger partial charge in [0.25, 0.3) is 0 Å². The van der Waals surface area contributed by atoms with Crippen molar-refractivity contribution in [1.82, 2.24) is 0 Å². The van der Waals surface area contributed by atoms with Crippen LogP contribution in [0.1, 0.15) is 28.7 Å². The van der Waals surface area contributed by atoms with Crippen LogP contribution in [0.5, 0.6) is 0 Å². The minimum absolute atomic E-state index is 0. The van der Waals surface area contributed by atoms with E-state index in [2.05, 4.69) is 15.8 Å². The Balaban J connectivity index is -0.0000000125. The van der Waals surface area contributed by atoms with Gasteiger partial charge in [0, 0.05) is 12.0 Å². The van der Waals surface area contributed by atoms with Gasteiger partial charge in [-0.3, -0.25) is 0 Å². The first-order chi connectivity index (χ1) is 3.91. The van der Waals surface area contributed by atoms with Crippen LogP contribution >= 0.6 is 0 Å². The van der Waals surface area contributed by atoms with Crippen LogP contribution in [0.3, 0.4) is 0 Å². The quantitative estimate of drug-likeness (QED) is 0.322. The molecule has 0 amide bonds. The minimum atomic E-state index is 0. The first-order valence-electron chi connectivity index (χ1n) is 2.42. The molecule has 0 aliphatic rings. The molecule has 0 aromatic rings. The zero-order chi connectivity index (χ0) is 7.41. The van der Waals surface area contributed by atoms with Gasteiger partial charge in [-0.05, 0) is 12.6 Å². The van der Waals surface area contributed by atoms with Crippen molar-refractivity contribution in [2.75, 3.05) is 14.1 Å². The van der Waals surface area contributed by atoms with Crippen LogP contribution in [0.15, 0.2) is 5.11 Å². The summed E-state index contributed by atoms with van der Waals surface area (Å²) in [5.74, 6) is 0. The van der Waals surface area contributed by atoms with E-state index in [0.717, 1.165) is 0 Å². The lowest BCUT2D eigenvalue weighted by Gasteiger charge is -1.35. The van der Waals surface area contributed by atoms with Gasteiger partial charge < -0.3 is 5.73 Å². The molecule has 0 aromatic heterocycles. The maximum absolute atomic E-state index is 7.33. The van der Waals surface area contributed by atoms with Gasteiger partial charge in [-0.2, -0.15) is 0 Å². The van der Waals surface area contributed by atoms with Crippen LogP contribution in [0.2, 0.25) is 0 Å². The highest BCUT2D eigenvalue weighted by Crippen LogP contribution is 1.46. The van der Waals surface area contributed by atoms with Crippen LogP contribution < -0.4 is 5.73 Å². The fourth-order valence-corrected chi connectivity index (χ4v) is 0. The van der Waals surface area contributed by atoms with Crippen LogP contribution in [-0.4, -0.2) is 14.1 Å². The van der Waals surface area contributed by atoms with Gasteiger partial charge in [-0.15, -0.1) is 0 Å². The van der Waals surface area contributed by atoms with E-state index in [-0.39, 0.29) is 14.9 Å². The van der Waals surface area contributed by atoms with Gasteiger partial charge in [0.1, 0.15) is 0 Å². The maximum Gasteiger partial charge on any atom is 0.0139 e. The Morgan fingerprint density at radius 1 is 1.20 bits per heavy atom. The molecule has 0 heterocycles. The summed E-state index contributed by atoms with van der Waals surface area (Å²) in [7, 11) is 2.89. The van der Waals surface area contributed by atoms with Gasteiger partial charge in [0.05, 0.1) is 0 Å². The van der Waals surface area contributed by atoms with E-state index in [1.165, 1.54) is 14.1 Å². The van der Waals surface area contributed by atoms with Crippen LogP contribution in [0.25, 0.3) is 10.4 Å². The minimum Gasteiger partial charge on any atom is -0.333 e. The van der Waals surface area contributed by atoms with Crippen LogP contribution in [-0.2, 0) is 0 Å². The van der Waals surface area contributed by atoms with Crippen molar-refractivity contribution in [3.63, 3.8) is 0 Å². The molecule has 4 heteroatoms. The summed E-state index contributed by atoms with van der Waals surface area (Å²) < 4.78 is 0. The SMILES string of the molecule is C.C.CC.CN.CN=[N+]=[N-]. The Morgan fingerprint density at radius 2 is 1.30 bits per heavy atom. The number of hydrogen-bond donors (Lipinski definition) is 1. The molecule has 0 aliphatic carbocycles. The van der Waals surface area contributed by atoms with E-state index in [1.54, 1.807) is 0 Å². The van der Waals surface area contributed by atoms with Crippen LogP contribution in [0, 0.1) is 0 Å². The van der Waals surface area contributed by atoms with Crippen molar-refractivity contribution in [2.24, 2.45) is 10.8 Å². The lowest BCUT2D eigenvalue weighted by molar-refractivity contribution is 1.40. The molecule has 0 aliphatic heterocycles. The number of rotatable bonds is 0. The zero-order valence-corrected chi connectivity index (χ0v) is 5.92. The van der Waals surface area contributed by atoms with Gasteiger partial charge >= 0.3 is 0 Å². The molecule has 10 heavy (non-hydrogen) atoms. The molecule has 0 saturated carbocycles. The molecular formula is C6H22N4. The number of nitrogens with zero attached hydrogens (tertiary/aromatic N) is 3. The molecule has 4 nitrogen and oxygen atoms in total. The summed E-state index contributed by atoms with van der Waals surface area (Å²) >= 11 is 0. The monoisotopic (exact) mass is 150 g/mol. The van der Waals surface area contributed by atoms with Crippen molar-refractivity contribution in [1.29, 1.82) is 0 Å². The lowest BCUT2D eigenvalue weighted by Crippen LogP contribution is -1.69. The lowest BCUT2D eigenvalue weighted by atomic mass is 11.0. The second-order valence-electron chi connectivity index (χ2n) is 0.289. The molecule has 0 saturated heterocycles. The molecule has 66 valence electrons. The molecule has 2 N–H and O–H groups in total. The van der Waals surface area contributed by atoms with Crippen molar-refractivity contribution >= 4 is 0 Å². The maximum atomic E-state index is 7.33. The van der Waals surface area contributed by atoms with E-state index in [4.69, 9.17) is 5.53 Å².